The summed E-state index contributed by atoms with van der Waals surface area (Å²) in [6.07, 6.45) is 11.8. The summed E-state index contributed by atoms with van der Waals surface area (Å²) in [5, 5.41) is 43.4. The zero-order valence-corrected chi connectivity index (χ0v) is 55.3. The average Bonchev–Trinajstić information content (AvgIpc) is 1.52. The zero-order chi connectivity index (χ0) is 68.9. The van der Waals surface area contributed by atoms with Crippen molar-refractivity contribution >= 4 is 0 Å². The number of aryl methyl sites for hydroxylation is 3. The molecule has 2 unspecified atom stereocenters. The van der Waals surface area contributed by atoms with Crippen LogP contribution in [0.4, 0.5) is 0 Å². The normalized spacial score (nSPS) is 14.1. The number of ether oxygens (including phenoxy) is 3. The Morgan fingerprint density at radius 1 is 0.495 bits per heavy atom. The van der Waals surface area contributed by atoms with Crippen LogP contribution in [0.5, 0.6) is 5.75 Å². The average molecular weight is 1340 g/mol. The molecule has 0 bridgehead atoms. The van der Waals surface area contributed by atoms with Crippen molar-refractivity contribution in [3.63, 3.8) is 0 Å². The largest absolute Gasteiger partial charge is 0.496 e. The molecule has 3 N–H and O–H groups in total. The fraction of sp³-hybridized carbons (Fsp3) is 0.268. The fourth-order valence-electron chi connectivity index (χ4n) is 11.1. The standard InChI is InChI=1S/C25H26N6O4.C24H24N6O3.C22H19N7O2.3H2/c1-15-23(25-30-29-24(35-25)19-6-4-16(11-26-2)10-21(19)33-3)28-20(12-27-15)17-5-7-22(32)31(13-17)18-8-9-34-14-18;1-15-22(24-29-28-23(33-24)17-5-3-16(4-6-17)11-25-2)27-20(12-26-15)18-7-8-21(31)30(13-18)19-9-10-32-14-19;1-14-20(22-28-27-21(31-22)16-5-3-15(4-6-16)11-24-2)26-18(12-25-14)17-7-8-19(30)29(13-17)10-9-23;;;/h4-7,10,12-13,18,26H,8-9,11,14H2,1-3H3;3-8,12-13,19,25H,9-11,14H2,1-2H3;3-8,12-13,24H,10-11H2,1-2H3;3*1H. The summed E-state index contributed by atoms with van der Waals surface area (Å²) in [4.78, 5) is 64.1. The van der Waals surface area contributed by atoms with E-state index in [0.717, 1.165) is 59.3 Å². The maximum absolute atomic E-state index is 12.4. The first kappa shape index (κ1) is 67.2. The SMILES string of the molecule is CNCc1ccc(-c2nnc(-c3nc(-c4ccc(=O)n(C5CCOC5)c4)cnc3C)o2)c(OC)c1.CNCc1ccc(-c2nnc(-c3nc(-c4ccc(=O)n(C5CCOC5)c4)cnc3C)o2)cc1.CNCc1ccc(-c2nnc(-c3nc(-c4ccc(=O)n(CC#N)c4)cnc3C)o2)cc1.[HH].[HH].[HH]. The van der Waals surface area contributed by atoms with Gasteiger partial charge in [-0.1, -0.05) is 30.3 Å². The first-order valence-electron chi connectivity index (χ1n) is 31.8. The molecular formula is C71H75N19O9. The van der Waals surface area contributed by atoms with E-state index < -0.39 is 0 Å². The second kappa shape index (κ2) is 31.0. The molecule has 0 saturated carbocycles. The van der Waals surface area contributed by atoms with Crippen LogP contribution in [0.25, 0.3) is 103 Å². The highest BCUT2D eigenvalue weighted by Crippen LogP contribution is 2.34. The van der Waals surface area contributed by atoms with Crippen molar-refractivity contribution in [2.75, 3.05) is 54.7 Å². The number of rotatable bonds is 19. The fourth-order valence-corrected chi connectivity index (χ4v) is 11.1. The van der Waals surface area contributed by atoms with E-state index in [-0.39, 0.29) is 51.4 Å². The van der Waals surface area contributed by atoms with E-state index in [1.807, 2.05) is 120 Å². The topological polar surface area (TPSA) is 348 Å². The Bertz CT molecular complexity index is 5060. The first-order valence-corrected chi connectivity index (χ1v) is 31.8. The van der Waals surface area contributed by atoms with E-state index in [2.05, 4.69) is 66.5 Å². The van der Waals surface area contributed by atoms with Crippen LogP contribution in [0, 0.1) is 32.1 Å². The summed E-state index contributed by atoms with van der Waals surface area (Å²) in [5.74, 6) is 2.59. The van der Waals surface area contributed by atoms with Gasteiger partial charge in [0.1, 0.15) is 29.4 Å². The molecule has 2 aliphatic heterocycles. The number of nitrogens with one attached hydrogen (secondary N) is 3. The van der Waals surface area contributed by atoms with Crippen molar-refractivity contribution in [3.05, 3.63) is 205 Å². The lowest BCUT2D eigenvalue weighted by Crippen LogP contribution is -2.23. The molecule has 2 atom stereocenters. The monoisotopic (exact) mass is 1340 g/mol. The molecule has 508 valence electrons. The van der Waals surface area contributed by atoms with E-state index in [4.69, 9.17) is 42.7 Å². The van der Waals surface area contributed by atoms with Gasteiger partial charge in [0.2, 0.25) is 11.8 Å². The molecule has 9 aromatic heterocycles. The third-order valence-corrected chi connectivity index (χ3v) is 16.4. The second-order valence-corrected chi connectivity index (χ2v) is 23.2. The van der Waals surface area contributed by atoms with E-state index in [1.165, 1.54) is 16.2 Å². The lowest BCUT2D eigenvalue weighted by Gasteiger charge is -2.13. The maximum atomic E-state index is 12.4. The van der Waals surface area contributed by atoms with Gasteiger partial charge < -0.3 is 57.1 Å². The number of hydrogen-bond acceptors (Lipinski definition) is 25. The molecule has 0 spiro atoms. The molecule has 2 aliphatic rings. The van der Waals surface area contributed by atoms with E-state index in [1.54, 1.807) is 78.3 Å². The van der Waals surface area contributed by atoms with Gasteiger partial charge in [-0.25, -0.2) is 15.0 Å². The Kier molecular flexibility index (Phi) is 21.0. The van der Waals surface area contributed by atoms with Crippen LogP contribution in [0.15, 0.2) is 168 Å². The van der Waals surface area contributed by atoms with Gasteiger partial charge in [-0.05, 0) is 126 Å². The molecule has 99 heavy (non-hydrogen) atoms. The van der Waals surface area contributed by atoms with E-state index in [9.17, 15) is 14.4 Å². The lowest BCUT2D eigenvalue weighted by atomic mass is 10.1. The van der Waals surface area contributed by atoms with Gasteiger partial charge in [0.25, 0.3) is 40.2 Å². The smallest absolute Gasteiger partial charge is 0.268 e. The Morgan fingerprint density at radius 3 is 1.29 bits per heavy atom. The Morgan fingerprint density at radius 2 is 0.879 bits per heavy atom. The number of pyridine rings is 3. The van der Waals surface area contributed by atoms with Crippen LogP contribution in [-0.4, -0.2) is 129 Å². The molecule has 11 heterocycles. The molecule has 0 aliphatic carbocycles. The van der Waals surface area contributed by atoms with Crippen molar-refractivity contribution in [1.29, 1.82) is 5.26 Å². The van der Waals surface area contributed by atoms with E-state index in [0.29, 0.717) is 125 Å². The summed E-state index contributed by atoms with van der Waals surface area (Å²) in [6.45, 7) is 10.1. The Labute approximate surface area is 571 Å². The predicted molar refractivity (Wildman–Crippen MR) is 371 cm³/mol. The number of nitrogens with zero attached hydrogens (tertiary/aromatic N) is 16. The third kappa shape index (κ3) is 15.6. The van der Waals surface area contributed by atoms with Crippen molar-refractivity contribution < 1.29 is 31.7 Å². The molecule has 0 radical (unpaired) electrons. The summed E-state index contributed by atoms with van der Waals surface area (Å²) in [5.41, 5.74) is 12.7. The second-order valence-electron chi connectivity index (χ2n) is 23.2. The molecule has 2 fully saturated rings. The summed E-state index contributed by atoms with van der Waals surface area (Å²) in [6, 6.07) is 33.3. The number of methoxy groups -OCH3 is 1. The van der Waals surface area contributed by atoms with Crippen LogP contribution in [0.3, 0.4) is 0 Å². The van der Waals surface area contributed by atoms with Crippen molar-refractivity contribution in [3.8, 4) is 115 Å². The molecular weight excluding hydrogens is 1260 g/mol. The van der Waals surface area contributed by atoms with Crippen LogP contribution in [-0.2, 0) is 35.7 Å². The highest BCUT2D eigenvalue weighted by Gasteiger charge is 2.25. The van der Waals surface area contributed by atoms with Crippen LogP contribution >= 0.6 is 0 Å². The lowest BCUT2D eigenvalue weighted by molar-refractivity contribution is 0.186. The first-order chi connectivity index (χ1) is 48.3. The van der Waals surface area contributed by atoms with Gasteiger partial charge in [0.15, 0.2) is 0 Å². The minimum absolute atomic E-state index is 0. The van der Waals surface area contributed by atoms with E-state index >= 15 is 0 Å². The molecule has 12 aromatic rings. The van der Waals surface area contributed by atoms with Crippen LogP contribution in [0.2, 0.25) is 0 Å². The molecule has 28 nitrogen and oxygen atoms in total. The van der Waals surface area contributed by atoms with Gasteiger partial charge >= 0.3 is 0 Å². The quantitative estimate of drug-likeness (QED) is 0.0678. The summed E-state index contributed by atoms with van der Waals surface area (Å²) < 4.78 is 39.0. The molecule has 28 heteroatoms. The van der Waals surface area contributed by atoms with Crippen molar-refractivity contribution in [2.45, 2.75) is 71.9 Å². The minimum atomic E-state index is -0.257. The molecule has 0 amide bonds. The van der Waals surface area contributed by atoms with Gasteiger partial charge in [-0.3, -0.25) is 29.3 Å². The minimum Gasteiger partial charge on any atom is -0.496 e. The number of benzene rings is 3. The number of aromatic nitrogens is 15. The van der Waals surface area contributed by atoms with Gasteiger partial charge in [-0.2, -0.15) is 5.26 Å². The van der Waals surface area contributed by atoms with Crippen molar-refractivity contribution in [1.82, 2.24) is 90.1 Å². The van der Waals surface area contributed by atoms with Crippen LogP contribution < -0.4 is 37.4 Å². The number of nitriles is 1. The molecule has 14 rings (SSSR count). The van der Waals surface area contributed by atoms with Gasteiger partial charge in [0.05, 0.1) is 96.8 Å². The number of hydrogen-bond donors (Lipinski definition) is 3. The molecule has 2 saturated heterocycles. The predicted octanol–water partition coefficient (Wildman–Crippen LogP) is 9.34. The highest BCUT2D eigenvalue weighted by atomic mass is 16.5. The summed E-state index contributed by atoms with van der Waals surface area (Å²) in [7, 11) is 7.30. The zero-order valence-electron chi connectivity index (χ0n) is 55.3. The Balaban J connectivity index is 0.000000176. The van der Waals surface area contributed by atoms with Gasteiger partial charge in [-0.15, -0.1) is 30.6 Å². The maximum Gasteiger partial charge on any atom is 0.268 e. The van der Waals surface area contributed by atoms with Gasteiger partial charge in [0, 0.05) is 102 Å². The third-order valence-electron chi connectivity index (χ3n) is 16.4. The van der Waals surface area contributed by atoms with Crippen molar-refractivity contribution in [2.24, 2.45) is 0 Å². The summed E-state index contributed by atoms with van der Waals surface area (Å²) >= 11 is 0. The Hall–Kier alpha value is -11.7. The highest BCUT2D eigenvalue weighted by molar-refractivity contribution is 5.68. The molecule has 3 aromatic carbocycles. The van der Waals surface area contributed by atoms with Crippen LogP contribution in [0.1, 0.15) is 63.0 Å².